The number of aromatic amines is 2. The van der Waals surface area contributed by atoms with Crippen molar-refractivity contribution in [3.63, 3.8) is 0 Å². The molecule has 226 valence electrons. The Morgan fingerprint density at radius 2 is 1.71 bits per heavy atom. The monoisotopic (exact) mass is 622 g/mol. The summed E-state index contributed by atoms with van der Waals surface area (Å²) in [5.41, 5.74) is 2.23. The van der Waals surface area contributed by atoms with Crippen LogP contribution in [-0.4, -0.2) is 44.5 Å². The quantitative estimate of drug-likeness (QED) is 0.210. The molecule has 0 aliphatic carbocycles. The maximum absolute atomic E-state index is 14.4. The van der Waals surface area contributed by atoms with Gasteiger partial charge in [-0.25, -0.2) is 19.3 Å². The third kappa shape index (κ3) is 4.83. The van der Waals surface area contributed by atoms with Crippen LogP contribution in [0.25, 0.3) is 33.0 Å². The lowest BCUT2D eigenvalue weighted by molar-refractivity contribution is -0.119. The van der Waals surface area contributed by atoms with Gasteiger partial charge in [-0.3, -0.25) is 14.2 Å². The van der Waals surface area contributed by atoms with Crippen molar-refractivity contribution in [3.8, 4) is 0 Å². The smallest absolute Gasteiger partial charge is 0.333 e. The molecule has 5 heterocycles. The van der Waals surface area contributed by atoms with Crippen LogP contribution in [0.2, 0.25) is 5.02 Å². The molecule has 7 rings (SSSR count). The number of nitrogens with one attached hydrogen (secondary N) is 4. The van der Waals surface area contributed by atoms with E-state index in [-0.39, 0.29) is 23.6 Å². The predicted molar refractivity (Wildman–Crippen MR) is 172 cm³/mol. The van der Waals surface area contributed by atoms with E-state index in [1.807, 2.05) is 48.5 Å². The number of aromatic nitrogens is 8. The van der Waals surface area contributed by atoms with E-state index in [1.165, 1.54) is 16.1 Å². The fourth-order valence-corrected chi connectivity index (χ4v) is 5.83. The molecule has 45 heavy (non-hydrogen) atoms. The number of amides is 1. The Kier molecular flexibility index (Phi) is 6.74. The van der Waals surface area contributed by atoms with E-state index in [0.29, 0.717) is 34.0 Å². The molecule has 14 heteroatoms. The Morgan fingerprint density at radius 1 is 0.956 bits per heavy atom. The molecule has 5 aromatic heterocycles. The lowest BCUT2D eigenvalue weighted by Crippen LogP contribution is -2.42. The van der Waals surface area contributed by atoms with E-state index < -0.39 is 17.3 Å². The SMILES string of the molecule is CC(=O)NCc1nccc(Nc2nc3c(c(=O)n(C(c4cc5ccccc5[nH]4)c4cc5c(Cl)cccc5[nH]4)c(=O)n3C)n2C)n1. The van der Waals surface area contributed by atoms with Crippen LogP contribution >= 0.6 is 11.6 Å². The Hall–Kier alpha value is -5.69. The first kappa shape index (κ1) is 28.1. The summed E-state index contributed by atoms with van der Waals surface area (Å²) in [5.74, 6) is 0.882. The number of fused-ring (bicyclic) bond motifs is 3. The number of benzene rings is 2. The number of rotatable bonds is 7. The fourth-order valence-electron chi connectivity index (χ4n) is 5.60. The van der Waals surface area contributed by atoms with Gasteiger partial charge in [-0.05, 0) is 41.8 Å². The Labute approximate surface area is 259 Å². The molecule has 7 aromatic rings. The Balaban J connectivity index is 1.40. The van der Waals surface area contributed by atoms with Crippen molar-refractivity contribution < 1.29 is 4.79 Å². The zero-order chi connectivity index (χ0) is 31.4. The molecular formula is C31H27ClN10O3. The maximum Gasteiger partial charge on any atom is 0.333 e. The van der Waals surface area contributed by atoms with E-state index in [0.717, 1.165) is 21.8 Å². The van der Waals surface area contributed by atoms with Gasteiger partial charge in [-0.1, -0.05) is 35.9 Å². The number of carbonyl (C=O) groups excluding carboxylic acids is 1. The van der Waals surface area contributed by atoms with E-state index in [2.05, 4.69) is 35.6 Å². The average Bonchev–Trinajstić information content (AvgIpc) is 3.73. The second-order valence-corrected chi connectivity index (χ2v) is 11.1. The van der Waals surface area contributed by atoms with Gasteiger partial charge in [0, 0.05) is 60.0 Å². The van der Waals surface area contributed by atoms with Crippen LogP contribution < -0.4 is 21.9 Å². The van der Waals surface area contributed by atoms with Crippen LogP contribution in [0.1, 0.15) is 30.2 Å². The molecule has 0 radical (unpaired) electrons. The van der Waals surface area contributed by atoms with Gasteiger partial charge in [0.2, 0.25) is 11.9 Å². The van der Waals surface area contributed by atoms with Gasteiger partial charge in [0.1, 0.15) is 17.7 Å². The Bertz CT molecular complexity index is 2360. The summed E-state index contributed by atoms with van der Waals surface area (Å²) in [6.07, 6.45) is 1.55. The van der Waals surface area contributed by atoms with Crippen LogP contribution in [0, 0.1) is 0 Å². The molecule has 0 aliphatic heterocycles. The van der Waals surface area contributed by atoms with E-state index in [9.17, 15) is 14.4 Å². The predicted octanol–water partition coefficient (Wildman–Crippen LogP) is 3.86. The third-order valence-electron chi connectivity index (χ3n) is 7.78. The molecule has 1 atom stereocenters. The van der Waals surface area contributed by atoms with Crippen molar-refractivity contribution in [1.29, 1.82) is 0 Å². The molecule has 4 N–H and O–H groups in total. The molecule has 1 amide bonds. The number of carbonyl (C=O) groups is 1. The number of H-pyrrole nitrogens is 2. The zero-order valence-electron chi connectivity index (χ0n) is 24.4. The summed E-state index contributed by atoms with van der Waals surface area (Å²) >= 11 is 6.52. The number of imidazole rings is 1. The highest BCUT2D eigenvalue weighted by Gasteiger charge is 2.28. The minimum absolute atomic E-state index is 0.153. The molecule has 13 nitrogen and oxygen atoms in total. The van der Waals surface area contributed by atoms with Crippen LogP contribution in [0.5, 0.6) is 0 Å². The van der Waals surface area contributed by atoms with Crippen molar-refractivity contribution in [1.82, 2.24) is 43.9 Å². The van der Waals surface area contributed by atoms with Gasteiger partial charge < -0.3 is 25.2 Å². The molecule has 0 aliphatic rings. The van der Waals surface area contributed by atoms with Crippen molar-refractivity contribution >= 4 is 62.2 Å². The number of hydrogen-bond acceptors (Lipinski definition) is 7. The lowest BCUT2D eigenvalue weighted by atomic mass is 10.1. The van der Waals surface area contributed by atoms with Crippen LogP contribution in [0.15, 0.2) is 76.4 Å². The summed E-state index contributed by atoms with van der Waals surface area (Å²) in [5, 5.41) is 8.04. The molecule has 0 bridgehead atoms. The maximum atomic E-state index is 14.4. The highest BCUT2D eigenvalue weighted by molar-refractivity contribution is 6.35. The number of hydrogen-bond donors (Lipinski definition) is 4. The van der Waals surface area contributed by atoms with Gasteiger partial charge in [-0.2, -0.15) is 4.98 Å². The first-order valence-corrected chi connectivity index (χ1v) is 14.4. The topological polar surface area (TPSA) is 160 Å². The molecule has 2 aromatic carbocycles. The largest absolute Gasteiger partial charge is 0.356 e. The van der Waals surface area contributed by atoms with Gasteiger partial charge in [0.05, 0.1) is 6.54 Å². The molecule has 0 saturated carbocycles. The second-order valence-electron chi connectivity index (χ2n) is 10.7. The van der Waals surface area contributed by atoms with E-state index >= 15 is 0 Å². The van der Waals surface area contributed by atoms with Crippen LogP contribution in [0.3, 0.4) is 0 Å². The van der Waals surface area contributed by atoms with Gasteiger partial charge >= 0.3 is 5.69 Å². The number of para-hydroxylation sites is 1. The van der Waals surface area contributed by atoms with Crippen molar-refractivity contribution in [3.05, 3.63) is 110 Å². The number of halogens is 1. The minimum atomic E-state index is -0.846. The highest BCUT2D eigenvalue weighted by atomic mass is 35.5. The number of anilines is 2. The Morgan fingerprint density at radius 3 is 2.49 bits per heavy atom. The zero-order valence-corrected chi connectivity index (χ0v) is 25.2. The normalized spacial score (nSPS) is 12.3. The van der Waals surface area contributed by atoms with Crippen molar-refractivity contribution in [2.45, 2.75) is 19.5 Å². The molecular weight excluding hydrogens is 596 g/mol. The lowest BCUT2D eigenvalue weighted by Gasteiger charge is -2.18. The highest BCUT2D eigenvalue weighted by Crippen LogP contribution is 2.32. The van der Waals surface area contributed by atoms with Gasteiger partial charge in [-0.15, -0.1) is 0 Å². The molecule has 0 fully saturated rings. The van der Waals surface area contributed by atoms with Gasteiger partial charge in [0.15, 0.2) is 11.2 Å². The standard InChI is InChI=1S/C31H27ClN10O3/c1-16(43)34-15-25-33-12-11-24(37-25)38-30-39-28-27(40(30)2)29(44)42(31(45)41(28)3)26(22-13-17-7-4-5-9-20(17)35-22)23-14-18-19(32)8-6-10-21(18)36-23/h4-14,26,35-36H,15H2,1-3H3,(H,34,43)(H,33,37,38,39). The minimum Gasteiger partial charge on any atom is -0.356 e. The molecule has 0 spiro atoms. The number of aryl methyl sites for hydroxylation is 2. The second kappa shape index (κ2) is 10.8. The van der Waals surface area contributed by atoms with Gasteiger partial charge in [0.25, 0.3) is 5.56 Å². The van der Waals surface area contributed by atoms with Crippen LogP contribution in [-0.2, 0) is 25.4 Å². The summed E-state index contributed by atoms with van der Waals surface area (Å²) in [6, 6.07) is 17.9. The first-order chi connectivity index (χ1) is 21.7. The summed E-state index contributed by atoms with van der Waals surface area (Å²) in [7, 11) is 3.27. The summed E-state index contributed by atoms with van der Waals surface area (Å²) in [4.78, 5) is 59.8. The van der Waals surface area contributed by atoms with E-state index in [1.54, 1.807) is 37.0 Å². The first-order valence-electron chi connectivity index (χ1n) is 14.1. The number of nitrogens with zero attached hydrogens (tertiary/aromatic N) is 6. The van der Waals surface area contributed by atoms with E-state index in [4.69, 9.17) is 11.6 Å². The molecule has 1 unspecified atom stereocenters. The average molecular weight is 623 g/mol. The fraction of sp³-hybridized carbons (Fsp3) is 0.161. The third-order valence-corrected chi connectivity index (χ3v) is 8.11. The van der Waals surface area contributed by atoms with Crippen LogP contribution in [0.4, 0.5) is 11.8 Å². The molecule has 0 saturated heterocycles. The summed E-state index contributed by atoms with van der Waals surface area (Å²) < 4.78 is 4.18. The summed E-state index contributed by atoms with van der Waals surface area (Å²) in [6.45, 7) is 1.56. The van der Waals surface area contributed by atoms with Crippen molar-refractivity contribution in [2.24, 2.45) is 14.1 Å². The van der Waals surface area contributed by atoms with Crippen molar-refractivity contribution in [2.75, 3.05) is 5.32 Å².